The van der Waals surface area contributed by atoms with Crippen molar-refractivity contribution < 1.29 is 0 Å². The number of fused-ring (bicyclic) bond motifs is 1. The van der Waals surface area contributed by atoms with E-state index in [1.54, 1.807) is 0 Å². The van der Waals surface area contributed by atoms with Crippen LogP contribution in [0.4, 0.5) is 0 Å². The molecule has 0 bridgehead atoms. The first-order chi connectivity index (χ1) is 6.90. The second kappa shape index (κ2) is 4.58. The van der Waals surface area contributed by atoms with Gasteiger partial charge in [-0.1, -0.05) is 24.3 Å². The van der Waals surface area contributed by atoms with E-state index in [-0.39, 0.29) is 0 Å². The van der Waals surface area contributed by atoms with Gasteiger partial charge in [0.25, 0.3) is 0 Å². The van der Waals surface area contributed by atoms with Crippen molar-refractivity contribution in [3.05, 3.63) is 35.4 Å². The molecule has 1 aromatic carbocycles. The SMILES string of the molecule is CNCCN1CCc2ccccc2C1. The second-order valence-electron chi connectivity index (χ2n) is 3.90. The third-order valence-corrected chi connectivity index (χ3v) is 2.89. The minimum atomic E-state index is 1.09. The van der Waals surface area contributed by atoms with Crippen LogP contribution in [0.1, 0.15) is 11.1 Å². The molecule has 0 aromatic heterocycles. The molecule has 0 unspecified atom stereocenters. The van der Waals surface area contributed by atoms with Gasteiger partial charge in [-0.05, 0) is 24.6 Å². The van der Waals surface area contributed by atoms with Crippen LogP contribution in [-0.4, -0.2) is 31.6 Å². The number of likely N-dealkylation sites (N-methyl/N-ethyl adjacent to an activating group) is 1. The molecule has 2 rings (SSSR count). The zero-order chi connectivity index (χ0) is 9.80. The summed E-state index contributed by atoms with van der Waals surface area (Å²) in [6.07, 6.45) is 1.21. The van der Waals surface area contributed by atoms with Crippen molar-refractivity contribution in [1.29, 1.82) is 0 Å². The van der Waals surface area contributed by atoms with Crippen LogP contribution in [-0.2, 0) is 13.0 Å². The zero-order valence-corrected chi connectivity index (χ0v) is 8.79. The third kappa shape index (κ3) is 2.14. The smallest absolute Gasteiger partial charge is 0.0237 e. The van der Waals surface area contributed by atoms with E-state index in [1.165, 1.54) is 24.1 Å². The van der Waals surface area contributed by atoms with Crippen molar-refractivity contribution in [2.45, 2.75) is 13.0 Å². The largest absolute Gasteiger partial charge is 0.318 e. The van der Waals surface area contributed by atoms with Crippen molar-refractivity contribution in [2.75, 3.05) is 26.7 Å². The molecule has 2 nitrogen and oxygen atoms in total. The van der Waals surface area contributed by atoms with Gasteiger partial charge < -0.3 is 5.32 Å². The van der Waals surface area contributed by atoms with Gasteiger partial charge in [-0.3, -0.25) is 4.90 Å². The normalized spacial score (nSPS) is 16.6. The maximum absolute atomic E-state index is 3.20. The lowest BCUT2D eigenvalue weighted by molar-refractivity contribution is 0.256. The van der Waals surface area contributed by atoms with Crippen LogP contribution in [0.25, 0.3) is 0 Å². The summed E-state index contributed by atoms with van der Waals surface area (Å²) in [6, 6.07) is 8.79. The topological polar surface area (TPSA) is 15.3 Å². The third-order valence-electron chi connectivity index (χ3n) is 2.89. The van der Waals surface area contributed by atoms with Gasteiger partial charge in [0.05, 0.1) is 0 Å². The number of hydrogen-bond acceptors (Lipinski definition) is 2. The van der Waals surface area contributed by atoms with Crippen LogP contribution in [0.2, 0.25) is 0 Å². The molecule has 0 radical (unpaired) electrons. The van der Waals surface area contributed by atoms with Gasteiger partial charge in [-0.25, -0.2) is 0 Å². The maximum Gasteiger partial charge on any atom is 0.0237 e. The summed E-state index contributed by atoms with van der Waals surface area (Å²) < 4.78 is 0. The second-order valence-corrected chi connectivity index (χ2v) is 3.90. The first-order valence-corrected chi connectivity index (χ1v) is 5.34. The highest BCUT2D eigenvalue weighted by Crippen LogP contribution is 2.17. The standard InChI is InChI=1S/C12H18N2/c1-13-7-9-14-8-6-11-4-2-3-5-12(11)10-14/h2-5,13H,6-10H2,1H3. The maximum atomic E-state index is 3.20. The Balaban J connectivity index is 1.99. The molecule has 0 saturated carbocycles. The van der Waals surface area contributed by atoms with Crippen LogP contribution in [0.3, 0.4) is 0 Å². The molecule has 1 aliphatic heterocycles. The van der Waals surface area contributed by atoms with Crippen LogP contribution in [0.15, 0.2) is 24.3 Å². The number of rotatable bonds is 3. The summed E-state index contributed by atoms with van der Waals surface area (Å²) in [5, 5.41) is 3.20. The summed E-state index contributed by atoms with van der Waals surface area (Å²) in [5.74, 6) is 0. The van der Waals surface area contributed by atoms with E-state index in [0.717, 1.165) is 19.6 Å². The fourth-order valence-corrected chi connectivity index (χ4v) is 2.01. The molecular formula is C12H18N2. The van der Waals surface area contributed by atoms with Crippen LogP contribution in [0, 0.1) is 0 Å². The summed E-state index contributed by atoms with van der Waals surface area (Å²) in [4.78, 5) is 2.51. The van der Waals surface area contributed by atoms with E-state index in [9.17, 15) is 0 Å². The fraction of sp³-hybridized carbons (Fsp3) is 0.500. The van der Waals surface area contributed by atoms with Gasteiger partial charge in [0.15, 0.2) is 0 Å². The molecule has 14 heavy (non-hydrogen) atoms. The minimum absolute atomic E-state index is 1.09. The quantitative estimate of drug-likeness (QED) is 0.772. The molecule has 76 valence electrons. The molecule has 0 saturated heterocycles. The molecule has 1 N–H and O–H groups in total. The lowest BCUT2D eigenvalue weighted by Gasteiger charge is -2.28. The van der Waals surface area contributed by atoms with E-state index in [2.05, 4.69) is 34.5 Å². The Labute approximate surface area is 85.9 Å². The van der Waals surface area contributed by atoms with Crippen LogP contribution >= 0.6 is 0 Å². The Bertz CT molecular complexity index is 296. The predicted octanol–water partition coefficient (Wildman–Crippen LogP) is 1.26. The fourth-order valence-electron chi connectivity index (χ4n) is 2.01. The molecule has 1 aromatic rings. The van der Waals surface area contributed by atoms with Crippen molar-refractivity contribution in [3.8, 4) is 0 Å². The summed E-state index contributed by atoms with van der Waals surface area (Å²) in [5.41, 5.74) is 3.04. The van der Waals surface area contributed by atoms with Crippen LogP contribution in [0.5, 0.6) is 0 Å². The number of benzene rings is 1. The van der Waals surface area contributed by atoms with Crippen molar-refractivity contribution in [1.82, 2.24) is 10.2 Å². The zero-order valence-electron chi connectivity index (χ0n) is 8.79. The first kappa shape index (κ1) is 9.69. The molecule has 1 aliphatic rings. The average Bonchev–Trinajstić information content (AvgIpc) is 2.26. The molecule has 0 spiro atoms. The molecule has 1 heterocycles. The Hall–Kier alpha value is -0.860. The Kier molecular flexibility index (Phi) is 3.17. The highest BCUT2D eigenvalue weighted by Gasteiger charge is 2.14. The minimum Gasteiger partial charge on any atom is -0.318 e. The van der Waals surface area contributed by atoms with Crippen molar-refractivity contribution in [2.24, 2.45) is 0 Å². The number of nitrogens with zero attached hydrogens (tertiary/aromatic N) is 1. The van der Waals surface area contributed by atoms with Gasteiger partial charge >= 0.3 is 0 Å². The van der Waals surface area contributed by atoms with E-state index < -0.39 is 0 Å². The molecule has 0 aliphatic carbocycles. The van der Waals surface area contributed by atoms with Crippen molar-refractivity contribution >= 4 is 0 Å². The molecule has 0 amide bonds. The number of hydrogen-bond donors (Lipinski definition) is 1. The Morgan fingerprint density at radius 3 is 2.86 bits per heavy atom. The van der Waals surface area contributed by atoms with Gasteiger partial charge in [0.1, 0.15) is 0 Å². The lowest BCUT2D eigenvalue weighted by Crippen LogP contribution is -2.35. The van der Waals surface area contributed by atoms with E-state index in [4.69, 9.17) is 0 Å². The van der Waals surface area contributed by atoms with Gasteiger partial charge in [-0.15, -0.1) is 0 Å². The van der Waals surface area contributed by atoms with E-state index >= 15 is 0 Å². The van der Waals surface area contributed by atoms with Gasteiger partial charge in [-0.2, -0.15) is 0 Å². The summed E-state index contributed by atoms with van der Waals surface area (Å²) in [6.45, 7) is 4.57. The number of nitrogens with one attached hydrogen (secondary N) is 1. The molecule has 0 atom stereocenters. The van der Waals surface area contributed by atoms with Gasteiger partial charge in [0, 0.05) is 26.2 Å². The highest BCUT2D eigenvalue weighted by molar-refractivity contribution is 5.28. The van der Waals surface area contributed by atoms with Crippen LogP contribution < -0.4 is 5.32 Å². The van der Waals surface area contributed by atoms with E-state index in [0.29, 0.717) is 0 Å². The Morgan fingerprint density at radius 1 is 1.29 bits per heavy atom. The Morgan fingerprint density at radius 2 is 2.07 bits per heavy atom. The molecular weight excluding hydrogens is 172 g/mol. The lowest BCUT2D eigenvalue weighted by atomic mass is 10.00. The summed E-state index contributed by atoms with van der Waals surface area (Å²) >= 11 is 0. The van der Waals surface area contributed by atoms with E-state index in [1.807, 2.05) is 7.05 Å². The molecule has 2 heteroatoms. The highest BCUT2D eigenvalue weighted by atomic mass is 15.1. The van der Waals surface area contributed by atoms with Gasteiger partial charge in [0.2, 0.25) is 0 Å². The molecule has 0 fully saturated rings. The average molecular weight is 190 g/mol. The summed E-state index contributed by atoms with van der Waals surface area (Å²) in [7, 11) is 2.01. The monoisotopic (exact) mass is 190 g/mol. The first-order valence-electron chi connectivity index (χ1n) is 5.34. The van der Waals surface area contributed by atoms with Crippen molar-refractivity contribution in [3.63, 3.8) is 0 Å². The predicted molar refractivity (Wildman–Crippen MR) is 59.3 cm³/mol.